The number of benzene rings is 1. The molecule has 4 rings (SSSR count). The van der Waals surface area contributed by atoms with E-state index in [0.29, 0.717) is 42.9 Å². The zero-order valence-electron chi connectivity index (χ0n) is 15.5. The molecule has 2 aromatic heterocycles. The molecule has 29 heavy (non-hydrogen) atoms. The van der Waals surface area contributed by atoms with Crippen molar-refractivity contribution in [2.75, 3.05) is 31.6 Å². The van der Waals surface area contributed by atoms with Crippen molar-refractivity contribution in [3.63, 3.8) is 0 Å². The molecule has 0 aliphatic carbocycles. The summed E-state index contributed by atoms with van der Waals surface area (Å²) in [6.45, 7) is 6.14. The number of hydrogen-bond donors (Lipinski definition) is 1. The van der Waals surface area contributed by atoms with Crippen LogP contribution in [0.25, 0.3) is 4.96 Å². The molecule has 1 fully saturated rings. The molecule has 1 N–H and O–H groups in total. The summed E-state index contributed by atoms with van der Waals surface area (Å²) < 4.78 is 46.2. The molecule has 1 aromatic carbocycles. The van der Waals surface area contributed by atoms with Gasteiger partial charge in [0, 0.05) is 19.6 Å². The van der Waals surface area contributed by atoms with Crippen LogP contribution in [0.5, 0.6) is 0 Å². The maximum atomic E-state index is 13.3. The van der Waals surface area contributed by atoms with Gasteiger partial charge in [-0.15, -0.1) is 11.7 Å². The molecule has 1 aliphatic rings. The fourth-order valence-corrected chi connectivity index (χ4v) is 5.65. The average Bonchev–Trinajstić information content (AvgIpc) is 3.29. The second kappa shape index (κ2) is 8.19. The van der Waals surface area contributed by atoms with Gasteiger partial charge in [0.05, 0.1) is 19.4 Å². The van der Waals surface area contributed by atoms with Crippen molar-refractivity contribution in [1.29, 1.82) is 0 Å². The number of morpholine rings is 1. The number of anilines is 1. The van der Waals surface area contributed by atoms with E-state index < -0.39 is 15.2 Å². The van der Waals surface area contributed by atoms with Gasteiger partial charge < -0.3 is 10.1 Å². The summed E-state index contributed by atoms with van der Waals surface area (Å²) in [5, 5.41) is 7.16. The van der Waals surface area contributed by atoms with Crippen LogP contribution in [-0.2, 0) is 21.1 Å². The van der Waals surface area contributed by atoms with Crippen molar-refractivity contribution < 1.29 is 17.5 Å². The molecule has 3 aromatic rings. The van der Waals surface area contributed by atoms with Crippen molar-refractivity contribution in [2.24, 2.45) is 0 Å². The van der Waals surface area contributed by atoms with E-state index in [9.17, 15) is 12.8 Å². The predicted octanol–water partition coefficient (Wildman–Crippen LogP) is 2.16. The number of nitrogens with zero attached hydrogens (tertiary/aromatic N) is 4. The first-order valence-electron chi connectivity index (χ1n) is 9.00. The van der Waals surface area contributed by atoms with E-state index in [4.69, 9.17) is 4.74 Å². The van der Waals surface area contributed by atoms with Crippen LogP contribution in [0.3, 0.4) is 0 Å². The van der Waals surface area contributed by atoms with E-state index in [-0.39, 0.29) is 10.8 Å². The van der Waals surface area contributed by atoms with Gasteiger partial charge in [0.1, 0.15) is 11.2 Å². The van der Waals surface area contributed by atoms with Crippen LogP contribution in [0, 0.1) is 5.82 Å². The molecule has 1 saturated heterocycles. The molecule has 3 heterocycles. The first kappa shape index (κ1) is 20.0. The Hall–Kier alpha value is -2.34. The largest absolute Gasteiger partial charge is 0.379 e. The number of rotatable bonds is 7. The molecule has 1 atom stereocenters. The predicted molar refractivity (Wildman–Crippen MR) is 108 cm³/mol. The SMILES string of the molecule is C=CC(N1CCOCC1)S(=O)(=O)c1cnc2sc(NCc3ccc(F)cc3)nn12. The van der Waals surface area contributed by atoms with Crippen LogP contribution in [0.4, 0.5) is 9.52 Å². The Balaban J connectivity index is 1.57. The molecule has 1 unspecified atom stereocenters. The highest BCUT2D eigenvalue weighted by atomic mass is 32.2. The molecule has 0 spiro atoms. The monoisotopic (exact) mass is 437 g/mol. The minimum absolute atomic E-state index is 0.0231. The quantitative estimate of drug-likeness (QED) is 0.567. The Bertz CT molecular complexity index is 1100. The van der Waals surface area contributed by atoms with Crippen LogP contribution < -0.4 is 5.32 Å². The Morgan fingerprint density at radius 3 is 2.72 bits per heavy atom. The fourth-order valence-electron chi connectivity index (χ4n) is 3.15. The Labute approximate surface area is 171 Å². The van der Waals surface area contributed by atoms with E-state index in [2.05, 4.69) is 22.0 Å². The van der Waals surface area contributed by atoms with Crippen molar-refractivity contribution in [2.45, 2.75) is 16.9 Å². The highest BCUT2D eigenvalue weighted by Gasteiger charge is 2.34. The van der Waals surface area contributed by atoms with E-state index in [1.807, 2.05) is 4.90 Å². The van der Waals surface area contributed by atoms with E-state index in [1.54, 1.807) is 12.1 Å². The number of halogens is 1. The molecular formula is C18H20FN5O3S2. The zero-order valence-corrected chi connectivity index (χ0v) is 17.1. The summed E-state index contributed by atoms with van der Waals surface area (Å²) in [5.41, 5.74) is 0.881. The number of sulfone groups is 1. The normalized spacial score (nSPS) is 16.7. The highest BCUT2D eigenvalue weighted by molar-refractivity contribution is 7.92. The third kappa shape index (κ3) is 4.04. The number of ether oxygens (including phenoxy) is 1. The number of nitrogens with one attached hydrogen (secondary N) is 1. The fraction of sp³-hybridized carbons (Fsp3) is 0.333. The van der Waals surface area contributed by atoms with Gasteiger partial charge >= 0.3 is 0 Å². The highest BCUT2D eigenvalue weighted by Crippen LogP contribution is 2.26. The second-order valence-electron chi connectivity index (χ2n) is 6.50. The second-order valence-corrected chi connectivity index (χ2v) is 9.44. The third-order valence-electron chi connectivity index (χ3n) is 4.63. The molecule has 0 bridgehead atoms. The topological polar surface area (TPSA) is 88.8 Å². The van der Waals surface area contributed by atoms with E-state index in [1.165, 1.54) is 40.3 Å². The van der Waals surface area contributed by atoms with Crippen LogP contribution in [0.1, 0.15) is 5.56 Å². The maximum Gasteiger partial charge on any atom is 0.217 e. The lowest BCUT2D eigenvalue weighted by molar-refractivity contribution is 0.0374. The van der Waals surface area contributed by atoms with Gasteiger partial charge in [-0.1, -0.05) is 29.5 Å². The summed E-state index contributed by atoms with van der Waals surface area (Å²) >= 11 is 1.24. The molecule has 11 heteroatoms. The average molecular weight is 438 g/mol. The maximum absolute atomic E-state index is 13.3. The van der Waals surface area contributed by atoms with Gasteiger partial charge in [-0.05, 0) is 17.7 Å². The van der Waals surface area contributed by atoms with Crippen molar-refractivity contribution in [3.8, 4) is 0 Å². The molecule has 1 aliphatic heterocycles. The molecule has 8 nitrogen and oxygen atoms in total. The summed E-state index contributed by atoms with van der Waals surface area (Å²) in [4.78, 5) is 6.50. The molecule has 154 valence electrons. The zero-order chi connectivity index (χ0) is 20.4. The Morgan fingerprint density at radius 1 is 1.31 bits per heavy atom. The van der Waals surface area contributed by atoms with Gasteiger partial charge in [0.25, 0.3) is 0 Å². The third-order valence-corrected chi connectivity index (χ3v) is 7.50. The van der Waals surface area contributed by atoms with Crippen molar-refractivity contribution in [3.05, 3.63) is 54.5 Å². The lowest BCUT2D eigenvalue weighted by Gasteiger charge is -2.31. The summed E-state index contributed by atoms with van der Waals surface area (Å²) in [6, 6.07) is 6.12. The smallest absolute Gasteiger partial charge is 0.217 e. The van der Waals surface area contributed by atoms with Crippen LogP contribution in [0.2, 0.25) is 0 Å². The Kier molecular flexibility index (Phi) is 5.63. The Morgan fingerprint density at radius 2 is 2.03 bits per heavy atom. The lowest BCUT2D eigenvalue weighted by Crippen LogP contribution is -2.46. The minimum Gasteiger partial charge on any atom is -0.379 e. The first-order chi connectivity index (χ1) is 14.0. The number of imidazole rings is 1. The van der Waals surface area contributed by atoms with Gasteiger partial charge in [0.15, 0.2) is 5.03 Å². The molecular weight excluding hydrogens is 417 g/mol. The number of fused-ring (bicyclic) bond motifs is 1. The van der Waals surface area contributed by atoms with E-state index >= 15 is 0 Å². The lowest BCUT2D eigenvalue weighted by atomic mass is 10.2. The van der Waals surface area contributed by atoms with Crippen LogP contribution in [0.15, 0.2) is 48.1 Å². The number of aromatic nitrogens is 3. The molecule has 0 radical (unpaired) electrons. The van der Waals surface area contributed by atoms with Crippen LogP contribution in [-0.4, -0.2) is 59.6 Å². The van der Waals surface area contributed by atoms with E-state index in [0.717, 1.165) is 5.56 Å². The van der Waals surface area contributed by atoms with Gasteiger partial charge in [-0.3, -0.25) is 4.90 Å². The van der Waals surface area contributed by atoms with Crippen molar-refractivity contribution in [1.82, 2.24) is 19.5 Å². The molecule has 0 saturated carbocycles. The van der Waals surface area contributed by atoms with Gasteiger partial charge in [0.2, 0.25) is 19.9 Å². The number of hydrogen-bond acceptors (Lipinski definition) is 8. The van der Waals surface area contributed by atoms with Gasteiger partial charge in [-0.2, -0.15) is 4.52 Å². The molecule has 0 amide bonds. The summed E-state index contributed by atoms with van der Waals surface area (Å²) in [5.74, 6) is -0.298. The van der Waals surface area contributed by atoms with Gasteiger partial charge in [-0.25, -0.2) is 17.8 Å². The van der Waals surface area contributed by atoms with Crippen LogP contribution >= 0.6 is 11.3 Å². The first-order valence-corrected chi connectivity index (χ1v) is 11.4. The summed E-state index contributed by atoms with van der Waals surface area (Å²) in [7, 11) is -3.77. The minimum atomic E-state index is -3.77. The standard InChI is InChI=1S/C18H20FN5O3S2/c1-2-15(23-7-9-27-10-8-23)29(25,26)16-12-21-18-24(16)22-17(28-18)20-11-13-3-5-14(19)6-4-13/h2-6,12,15H,1,7-11H2,(H,20,22). The van der Waals surface area contributed by atoms with Crippen molar-refractivity contribution >= 4 is 31.3 Å². The summed E-state index contributed by atoms with van der Waals surface area (Å²) in [6.07, 6.45) is 2.76.